The van der Waals surface area contributed by atoms with Crippen LogP contribution >= 0.6 is 11.8 Å². The second-order valence-electron chi connectivity index (χ2n) is 3.57. The van der Waals surface area contributed by atoms with Gasteiger partial charge in [-0.15, -0.1) is 0 Å². The second-order valence-corrected chi connectivity index (χ2v) is 4.83. The van der Waals surface area contributed by atoms with Gasteiger partial charge < -0.3 is 5.32 Å². The first-order valence-corrected chi connectivity index (χ1v) is 5.89. The molecule has 1 aliphatic rings. The van der Waals surface area contributed by atoms with Gasteiger partial charge in [-0.25, -0.2) is 9.97 Å². The van der Waals surface area contributed by atoms with Crippen LogP contribution in [0.15, 0.2) is 17.4 Å². The molecule has 1 fully saturated rings. The molecule has 1 aromatic heterocycles. The van der Waals surface area contributed by atoms with E-state index >= 15 is 0 Å². The first kappa shape index (κ1) is 9.93. The summed E-state index contributed by atoms with van der Waals surface area (Å²) >= 11 is 1.79. The van der Waals surface area contributed by atoms with E-state index in [9.17, 15) is 0 Å². The molecule has 14 heavy (non-hydrogen) atoms. The van der Waals surface area contributed by atoms with Crippen LogP contribution in [0.25, 0.3) is 0 Å². The summed E-state index contributed by atoms with van der Waals surface area (Å²) < 4.78 is 0. The van der Waals surface area contributed by atoms with Gasteiger partial charge in [0.25, 0.3) is 0 Å². The summed E-state index contributed by atoms with van der Waals surface area (Å²) in [4.78, 5) is 8.65. The summed E-state index contributed by atoms with van der Waals surface area (Å²) in [6, 6.07) is 1.93. The van der Waals surface area contributed by atoms with E-state index in [1.54, 1.807) is 11.8 Å². The minimum Gasteiger partial charge on any atom is -0.316 e. The van der Waals surface area contributed by atoms with Crippen molar-refractivity contribution in [2.75, 3.05) is 13.1 Å². The van der Waals surface area contributed by atoms with Gasteiger partial charge in [0.1, 0.15) is 0 Å². The van der Waals surface area contributed by atoms with Gasteiger partial charge in [0.05, 0.1) is 0 Å². The van der Waals surface area contributed by atoms with Gasteiger partial charge in [0.15, 0.2) is 5.16 Å². The highest BCUT2D eigenvalue weighted by atomic mass is 32.2. The molecular weight excluding hydrogens is 194 g/mol. The van der Waals surface area contributed by atoms with E-state index in [0.717, 1.165) is 23.9 Å². The topological polar surface area (TPSA) is 37.8 Å². The molecule has 1 atom stereocenters. The fraction of sp³-hybridized carbons (Fsp3) is 0.600. The number of hydrogen-bond donors (Lipinski definition) is 1. The molecule has 0 spiro atoms. The lowest BCUT2D eigenvalue weighted by atomic mass is 10.2. The largest absolute Gasteiger partial charge is 0.316 e. The Morgan fingerprint density at radius 2 is 2.50 bits per heavy atom. The summed E-state index contributed by atoms with van der Waals surface area (Å²) in [7, 11) is 0. The fourth-order valence-electron chi connectivity index (χ4n) is 1.55. The molecule has 2 rings (SSSR count). The van der Waals surface area contributed by atoms with Crippen LogP contribution in [-0.4, -0.2) is 28.3 Å². The zero-order valence-electron chi connectivity index (χ0n) is 8.36. The highest BCUT2D eigenvalue weighted by Gasteiger charge is 2.15. The van der Waals surface area contributed by atoms with Crippen LogP contribution in [0.3, 0.4) is 0 Å². The highest BCUT2D eigenvalue weighted by Crippen LogP contribution is 2.23. The molecule has 0 bridgehead atoms. The van der Waals surface area contributed by atoms with Crippen molar-refractivity contribution >= 4 is 11.8 Å². The molecule has 1 N–H and O–H groups in total. The van der Waals surface area contributed by atoms with Gasteiger partial charge in [-0.2, -0.15) is 0 Å². The third kappa shape index (κ3) is 2.69. The van der Waals surface area contributed by atoms with E-state index in [0.29, 0.717) is 5.25 Å². The Hall–Kier alpha value is -0.610. The number of aromatic nitrogens is 2. The third-order valence-electron chi connectivity index (χ3n) is 2.30. The Labute approximate surface area is 88.7 Å². The van der Waals surface area contributed by atoms with E-state index in [1.807, 2.05) is 19.2 Å². The first-order chi connectivity index (χ1) is 6.84. The Kier molecular flexibility index (Phi) is 3.37. The van der Waals surface area contributed by atoms with Crippen molar-refractivity contribution in [3.05, 3.63) is 18.0 Å². The molecule has 0 saturated carbocycles. The first-order valence-electron chi connectivity index (χ1n) is 5.01. The lowest BCUT2D eigenvalue weighted by molar-refractivity contribution is 0.530. The number of piperidine rings is 1. The van der Waals surface area contributed by atoms with E-state index in [2.05, 4.69) is 15.3 Å². The molecule has 0 unspecified atom stereocenters. The Morgan fingerprint density at radius 1 is 1.57 bits per heavy atom. The zero-order chi connectivity index (χ0) is 9.80. The number of hydrogen-bond acceptors (Lipinski definition) is 4. The molecule has 1 aliphatic heterocycles. The van der Waals surface area contributed by atoms with Crippen molar-refractivity contribution in [3.63, 3.8) is 0 Å². The third-order valence-corrected chi connectivity index (χ3v) is 3.44. The van der Waals surface area contributed by atoms with Crippen LogP contribution in [0.2, 0.25) is 0 Å². The van der Waals surface area contributed by atoms with Crippen molar-refractivity contribution in [1.82, 2.24) is 15.3 Å². The Morgan fingerprint density at radius 3 is 3.21 bits per heavy atom. The molecule has 0 aliphatic carbocycles. The van der Waals surface area contributed by atoms with E-state index in [4.69, 9.17) is 0 Å². The van der Waals surface area contributed by atoms with Crippen LogP contribution in [0.4, 0.5) is 0 Å². The van der Waals surface area contributed by atoms with E-state index in [1.165, 1.54) is 12.8 Å². The maximum absolute atomic E-state index is 4.39. The van der Waals surface area contributed by atoms with Crippen LogP contribution in [-0.2, 0) is 0 Å². The maximum atomic E-state index is 4.39. The standard InChI is InChI=1S/C10H15N3S/c1-8-4-6-12-10(13-8)14-9-3-2-5-11-7-9/h4,6,9,11H,2-3,5,7H2,1H3/t9-/m1/s1. The normalized spacial score (nSPS) is 22.2. The van der Waals surface area contributed by atoms with Gasteiger partial charge in [-0.3, -0.25) is 0 Å². The van der Waals surface area contributed by atoms with Gasteiger partial charge in [0, 0.05) is 23.7 Å². The minimum atomic E-state index is 0.644. The number of thioether (sulfide) groups is 1. The molecule has 1 aromatic rings. The minimum absolute atomic E-state index is 0.644. The smallest absolute Gasteiger partial charge is 0.188 e. The summed E-state index contributed by atoms with van der Waals surface area (Å²) in [5, 5.41) is 4.95. The predicted molar refractivity (Wildman–Crippen MR) is 58.5 cm³/mol. The molecular formula is C10H15N3S. The molecule has 0 aromatic carbocycles. The molecule has 2 heterocycles. The van der Waals surface area contributed by atoms with Crippen LogP contribution in [0.5, 0.6) is 0 Å². The average Bonchev–Trinajstić information content (AvgIpc) is 2.19. The van der Waals surface area contributed by atoms with Crippen molar-refractivity contribution < 1.29 is 0 Å². The van der Waals surface area contributed by atoms with Gasteiger partial charge in [-0.1, -0.05) is 11.8 Å². The average molecular weight is 209 g/mol. The molecule has 1 saturated heterocycles. The number of nitrogens with zero attached hydrogens (tertiary/aromatic N) is 2. The van der Waals surface area contributed by atoms with Crippen LogP contribution in [0, 0.1) is 6.92 Å². The van der Waals surface area contributed by atoms with Crippen LogP contribution < -0.4 is 5.32 Å². The van der Waals surface area contributed by atoms with Crippen molar-refractivity contribution in [3.8, 4) is 0 Å². The molecule has 0 amide bonds. The van der Waals surface area contributed by atoms with Crippen molar-refractivity contribution in [2.24, 2.45) is 0 Å². The zero-order valence-corrected chi connectivity index (χ0v) is 9.18. The monoisotopic (exact) mass is 209 g/mol. The maximum Gasteiger partial charge on any atom is 0.188 e. The molecule has 76 valence electrons. The number of nitrogens with one attached hydrogen (secondary N) is 1. The summed E-state index contributed by atoms with van der Waals surface area (Å²) in [5.74, 6) is 0. The Bertz CT molecular complexity index is 297. The lowest BCUT2D eigenvalue weighted by Crippen LogP contribution is -2.31. The second kappa shape index (κ2) is 4.75. The van der Waals surface area contributed by atoms with Gasteiger partial charge >= 0.3 is 0 Å². The van der Waals surface area contributed by atoms with E-state index in [-0.39, 0.29) is 0 Å². The molecule has 0 radical (unpaired) electrons. The Balaban J connectivity index is 1.95. The number of aryl methyl sites for hydroxylation is 1. The van der Waals surface area contributed by atoms with Gasteiger partial charge in [0.2, 0.25) is 0 Å². The quantitative estimate of drug-likeness (QED) is 0.751. The highest BCUT2D eigenvalue weighted by molar-refractivity contribution is 7.99. The molecule has 3 nitrogen and oxygen atoms in total. The van der Waals surface area contributed by atoms with E-state index < -0.39 is 0 Å². The van der Waals surface area contributed by atoms with Crippen LogP contribution in [0.1, 0.15) is 18.5 Å². The summed E-state index contributed by atoms with van der Waals surface area (Å²) in [5.41, 5.74) is 1.05. The number of rotatable bonds is 2. The molecule has 4 heteroatoms. The summed E-state index contributed by atoms with van der Waals surface area (Å²) in [6.45, 7) is 4.25. The lowest BCUT2D eigenvalue weighted by Gasteiger charge is -2.21. The summed E-state index contributed by atoms with van der Waals surface area (Å²) in [6.07, 6.45) is 4.37. The SMILES string of the molecule is Cc1ccnc(S[C@@H]2CCCNC2)n1. The van der Waals surface area contributed by atoms with Crippen molar-refractivity contribution in [2.45, 2.75) is 30.2 Å². The van der Waals surface area contributed by atoms with Crippen molar-refractivity contribution in [1.29, 1.82) is 0 Å². The van der Waals surface area contributed by atoms with Gasteiger partial charge in [-0.05, 0) is 32.4 Å². The fourth-order valence-corrected chi connectivity index (χ4v) is 2.65. The predicted octanol–water partition coefficient (Wildman–Crippen LogP) is 1.63.